The Morgan fingerprint density at radius 2 is 2.24 bits per heavy atom. The Hall–Kier alpha value is -1.06. The molecule has 3 nitrogen and oxygen atoms in total. The van der Waals surface area contributed by atoms with E-state index in [0.717, 1.165) is 25.6 Å². The number of fused-ring (bicyclic) bond motifs is 1. The Bertz CT molecular complexity index is 401. The van der Waals surface area contributed by atoms with E-state index in [1.54, 1.807) is 6.07 Å². The fourth-order valence-electron chi connectivity index (χ4n) is 2.72. The number of benzene rings is 1. The number of aromatic hydroxyl groups is 1. The smallest absolute Gasteiger partial charge is 0.115 e. The lowest BCUT2D eigenvalue weighted by atomic mass is 9.91. The molecule has 1 aliphatic carbocycles. The van der Waals surface area contributed by atoms with Gasteiger partial charge in [-0.25, -0.2) is 0 Å². The van der Waals surface area contributed by atoms with Crippen LogP contribution in [0.15, 0.2) is 18.2 Å². The van der Waals surface area contributed by atoms with Gasteiger partial charge >= 0.3 is 0 Å². The van der Waals surface area contributed by atoms with E-state index in [1.165, 1.54) is 30.4 Å². The van der Waals surface area contributed by atoms with Gasteiger partial charge in [-0.2, -0.15) is 0 Å². The van der Waals surface area contributed by atoms with Gasteiger partial charge in [-0.05, 0) is 49.1 Å². The van der Waals surface area contributed by atoms with Gasteiger partial charge in [0.25, 0.3) is 0 Å². The van der Waals surface area contributed by atoms with E-state index in [4.69, 9.17) is 0 Å². The standard InChI is InChI=1S/C14H20N2O/c17-12-4-5-13-10(8-12)6-7-15-14(13)9-16-11-2-1-3-11/h4-5,8,11,14-17H,1-3,6-7,9H2. The van der Waals surface area contributed by atoms with Crippen LogP contribution in [0.2, 0.25) is 0 Å². The van der Waals surface area contributed by atoms with Crippen LogP contribution in [0.1, 0.15) is 36.4 Å². The quantitative estimate of drug-likeness (QED) is 0.743. The lowest BCUT2D eigenvalue weighted by Gasteiger charge is -2.32. The number of phenols is 1. The summed E-state index contributed by atoms with van der Waals surface area (Å²) < 4.78 is 0. The molecule has 1 fully saturated rings. The number of hydrogen-bond acceptors (Lipinski definition) is 3. The minimum Gasteiger partial charge on any atom is -0.508 e. The summed E-state index contributed by atoms with van der Waals surface area (Å²) in [4.78, 5) is 0. The molecule has 0 radical (unpaired) electrons. The molecule has 0 amide bonds. The van der Waals surface area contributed by atoms with Crippen LogP contribution in [-0.4, -0.2) is 24.2 Å². The number of hydrogen-bond donors (Lipinski definition) is 3. The molecule has 3 N–H and O–H groups in total. The van der Waals surface area contributed by atoms with Crippen molar-refractivity contribution < 1.29 is 5.11 Å². The zero-order valence-corrected chi connectivity index (χ0v) is 10.1. The van der Waals surface area contributed by atoms with E-state index in [0.29, 0.717) is 11.8 Å². The second-order valence-corrected chi connectivity index (χ2v) is 5.18. The molecule has 92 valence electrons. The van der Waals surface area contributed by atoms with Crippen molar-refractivity contribution in [3.63, 3.8) is 0 Å². The lowest BCUT2D eigenvalue weighted by Crippen LogP contribution is -2.42. The monoisotopic (exact) mass is 232 g/mol. The molecule has 2 aliphatic rings. The maximum Gasteiger partial charge on any atom is 0.115 e. The fourth-order valence-corrected chi connectivity index (χ4v) is 2.72. The molecule has 0 bridgehead atoms. The molecule has 0 saturated heterocycles. The predicted octanol–water partition coefficient (Wildman–Crippen LogP) is 1.72. The summed E-state index contributed by atoms with van der Waals surface area (Å²) in [5.74, 6) is 0.386. The second kappa shape index (κ2) is 4.67. The van der Waals surface area contributed by atoms with Crippen molar-refractivity contribution in [1.29, 1.82) is 0 Å². The maximum absolute atomic E-state index is 9.50. The first-order valence-electron chi connectivity index (χ1n) is 6.61. The summed E-state index contributed by atoms with van der Waals surface area (Å²) in [6.45, 7) is 2.01. The van der Waals surface area contributed by atoms with Gasteiger partial charge < -0.3 is 15.7 Å². The van der Waals surface area contributed by atoms with Crippen LogP contribution >= 0.6 is 0 Å². The Labute approximate surface area is 102 Å². The third-order valence-corrected chi connectivity index (χ3v) is 4.00. The van der Waals surface area contributed by atoms with E-state index in [2.05, 4.69) is 16.7 Å². The van der Waals surface area contributed by atoms with Crippen LogP contribution in [0, 0.1) is 0 Å². The van der Waals surface area contributed by atoms with Gasteiger partial charge in [0.2, 0.25) is 0 Å². The van der Waals surface area contributed by atoms with E-state index in [1.807, 2.05) is 6.07 Å². The molecule has 3 heteroatoms. The van der Waals surface area contributed by atoms with E-state index in [-0.39, 0.29) is 0 Å². The summed E-state index contributed by atoms with van der Waals surface area (Å²) in [5, 5.41) is 16.7. The Morgan fingerprint density at radius 3 is 3.00 bits per heavy atom. The van der Waals surface area contributed by atoms with E-state index < -0.39 is 0 Å². The first-order valence-corrected chi connectivity index (χ1v) is 6.61. The zero-order valence-electron chi connectivity index (χ0n) is 10.1. The minimum absolute atomic E-state index is 0.386. The largest absolute Gasteiger partial charge is 0.508 e. The number of phenolic OH excluding ortho intramolecular Hbond substituents is 1. The molecule has 1 saturated carbocycles. The van der Waals surface area contributed by atoms with Crippen molar-refractivity contribution in [2.45, 2.75) is 37.8 Å². The summed E-state index contributed by atoms with van der Waals surface area (Å²) in [6, 6.07) is 6.90. The first kappa shape index (κ1) is 11.1. The summed E-state index contributed by atoms with van der Waals surface area (Å²) in [5.41, 5.74) is 2.64. The van der Waals surface area contributed by atoms with Crippen LogP contribution in [0.25, 0.3) is 0 Å². The van der Waals surface area contributed by atoms with Crippen LogP contribution in [0.3, 0.4) is 0 Å². The fraction of sp³-hybridized carbons (Fsp3) is 0.571. The molecule has 17 heavy (non-hydrogen) atoms. The first-order chi connectivity index (χ1) is 8.33. The number of nitrogens with one attached hydrogen (secondary N) is 2. The van der Waals surface area contributed by atoms with Crippen molar-refractivity contribution >= 4 is 0 Å². The highest BCUT2D eigenvalue weighted by Gasteiger charge is 2.22. The summed E-state index contributed by atoms with van der Waals surface area (Å²) in [7, 11) is 0. The van der Waals surface area contributed by atoms with Crippen molar-refractivity contribution in [2.24, 2.45) is 0 Å². The molecule has 3 rings (SSSR count). The van der Waals surface area contributed by atoms with Gasteiger partial charge in [0, 0.05) is 18.6 Å². The molecule has 0 aromatic heterocycles. The van der Waals surface area contributed by atoms with Gasteiger partial charge in [0.15, 0.2) is 0 Å². The van der Waals surface area contributed by atoms with Crippen LogP contribution in [0.4, 0.5) is 0 Å². The highest BCUT2D eigenvalue weighted by molar-refractivity contribution is 5.38. The van der Waals surface area contributed by atoms with Crippen molar-refractivity contribution in [3.8, 4) is 5.75 Å². The molecule has 1 heterocycles. The molecule has 1 aliphatic heterocycles. The van der Waals surface area contributed by atoms with Gasteiger partial charge in [0.1, 0.15) is 5.75 Å². The minimum atomic E-state index is 0.386. The van der Waals surface area contributed by atoms with Gasteiger partial charge in [-0.15, -0.1) is 0 Å². The van der Waals surface area contributed by atoms with Gasteiger partial charge in [-0.1, -0.05) is 12.5 Å². The highest BCUT2D eigenvalue weighted by atomic mass is 16.3. The highest BCUT2D eigenvalue weighted by Crippen LogP contribution is 2.26. The van der Waals surface area contributed by atoms with Crippen LogP contribution < -0.4 is 10.6 Å². The SMILES string of the molecule is Oc1ccc2c(c1)CCNC2CNC1CCC1. The molecule has 1 aromatic carbocycles. The average Bonchev–Trinajstić information content (AvgIpc) is 2.26. The second-order valence-electron chi connectivity index (χ2n) is 5.18. The van der Waals surface area contributed by atoms with Gasteiger partial charge in [0.05, 0.1) is 0 Å². The van der Waals surface area contributed by atoms with Gasteiger partial charge in [-0.3, -0.25) is 0 Å². The summed E-state index contributed by atoms with van der Waals surface area (Å²) in [6.07, 6.45) is 5.05. The Morgan fingerprint density at radius 1 is 1.35 bits per heavy atom. The van der Waals surface area contributed by atoms with Crippen molar-refractivity contribution in [2.75, 3.05) is 13.1 Å². The Kier molecular flexibility index (Phi) is 3.04. The third kappa shape index (κ3) is 2.31. The Balaban J connectivity index is 1.69. The van der Waals surface area contributed by atoms with Crippen molar-refractivity contribution in [1.82, 2.24) is 10.6 Å². The molecule has 1 atom stereocenters. The molecule has 1 aromatic rings. The lowest BCUT2D eigenvalue weighted by molar-refractivity contribution is 0.319. The topological polar surface area (TPSA) is 44.3 Å². The third-order valence-electron chi connectivity index (χ3n) is 4.00. The molecular formula is C14H20N2O. The zero-order chi connectivity index (χ0) is 11.7. The average molecular weight is 232 g/mol. The normalized spacial score (nSPS) is 24.1. The predicted molar refractivity (Wildman–Crippen MR) is 68.2 cm³/mol. The number of rotatable bonds is 3. The molecule has 1 unspecified atom stereocenters. The molecule has 0 spiro atoms. The van der Waals surface area contributed by atoms with E-state index in [9.17, 15) is 5.11 Å². The summed E-state index contributed by atoms with van der Waals surface area (Å²) >= 11 is 0. The van der Waals surface area contributed by atoms with E-state index >= 15 is 0 Å². The molecular weight excluding hydrogens is 212 g/mol. The van der Waals surface area contributed by atoms with Crippen LogP contribution in [0.5, 0.6) is 5.75 Å². The van der Waals surface area contributed by atoms with Crippen molar-refractivity contribution in [3.05, 3.63) is 29.3 Å². The van der Waals surface area contributed by atoms with Crippen LogP contribution in [-0.2, 0) is 6.42 Å². The maximum atomic E-state index is 9.50.